The second-order valence-electron chi connectivity index (χ2n) is 3.98. The molecule has 0 bridgehead atoms. The van der Waals surface area contributed by atoms with E-state index in [0.717, 1.165) is 0 Å². The van der Waals surface area contributed by atoms with E-state index in [1.807, 2.05) is 23.1 Å². The van der Waals surface area contributed by atoms with E-state index in [-0.39, 0.29) is 0 Å². The lowest BCUT2D eigenvalue weighted by Gasteiger charge is -2.28. The van der Waals surface area contributed by atoms with Gasteiger partial charge in [-0.05, 0) is 44.6 Å². The highest BCUT2D eigenvalue weighted by Crippen LogP contribution is 2.36. The molecule has 2 atom stereocenters. The summed E-state index contributed by atoms with van der Waals surface area (Å²) in [6.07, 6.45) is 1.29. The van der Waals surface area contributed by atoms with Gasteiger partial charge >= 0.3 is 0 Å². The summed E-state index contributed by atoms with van der Waals surface area (Å²) in [5, 5.41) is 4.19. The molecule has 1 aromatic heterocycles. The third-order valence-corrected chi connectivity index (χ3v) is 4.81. The van der Waals surface area contributed by atoms with Crippen molar-refractivity contribution in [3.05, 3.63) is 21.4 Å². The first-order valence-electron chi connectivity index (χ1n) is 5.11. The van der Waals surface area contributed by atoms with E-state index in [0.29, 0.717) is 11.4 Å². The van der Waals surface area contributed by atoms with Gasteiger partial charge in [-0.25, -0.2) is 0 Å². The summed E-state index contributed by atoms with van der Waals surface area (Å²) >= 11 is 3.95. The van der Waals surface area contributed by atoms with E-state index < -0.39 is 0 Å². The molecule has 2 heterocycles. The lowest BCUT2D eigenvalue weighted by Crippen LogP contribution is -2.33. The SMILES string of the molecule is Cc1cc(C2NC(C)CCS2)c(C)s1. The number of aryl methyl sites for hydroxylation is 2. The Hall–Kier alpha value is 0.01000. The van der Waals surface area contributed by atoms with Crippen molar-refractivity contribution in [2.24, 2.45) is 0 Å². The van der Waals surface area contributed by atoms with Gasteiger partial charge in [-0.3, -0.25) is 5.32 Å². The Balaban J connectivity index is 2.17. The minimum Gasteiger partial charge on any atom is -0.299 e. The van der Waals surface area contributed by atoms with Gasteiger partial charge in [-0.15, -0.1) is 23.1 Å². The lowest BCUT2D eigenvalue weighted by molar-refractivity contribution is 0.512. The summed E-state index contributed by atoms with van der Waals surface area (Å²) in [4.78, 5) is 2.90. The second kappa shape index (κ2) is 4.25. The fraction of sp³-hybridized carbons (Fsp3) is 0.636. The van der Waals surface area contributed by atoms with E-state index in [4.69, 9.17) is 0 Å². The number of thioether (sulfide) groups is 1. The van der Waals surface area contributed by atoms with Crippen molar-refractivity contribution in [3.8, 4) is 0 Å². The van der Waals surface area contributed by atoms with E-state index in [1.165, 1.54) is 27.5 Å². The Labute approximate surface area is 94.3 Å². The predicted molar refractivity (Wildman–Crippen MR) is 66.2 cm³/mol. The van der Waals surface area contributed by atoms with E-state index in [2.05, 4.69) is 32.2 Å². The van der Waals surface area contributed by atoms with Gasteiger partial charge in [0.15, 0.2) is 0 Å². The van der Waals surface area contributed by atoms with Crippen LogP contribution in [0.15, 0.2) is 6.07 Å². The van der Waals surface area contributed by atoms with Gasteiger partial charge < -0.3 is 0 Å². The Morgan fingerprint density at radius 2 is 2.21 bits per heavy atom. The van der Waals surface area contributed by atoms with Crippen molar-refractivity contribution in [2.45, 2.75) is 38.6 Å². The molecule has 1 N–H and O–H groups in total. The van der Waals surface area contributed by atoms with Gasteiger partial charge in [0.05, 0.1) is 5.37 Å². The minimum atomic E-state index is 0.531. The van der Waals surface area contributed by atoms with Gasteiger partial charge in [-0.2, -0.15) is 0 Å². The fourth-order valence-corrected chi connectivity index (χ4v) is 4.36. The van der Waals surface area contributed by atoms with Crippen molar-refractivity contribution in [3.63, 3.8) is 0 Å². The highest BCUT2D eigenvalue weighted by atomic mass is 32.2. The molecular weight excluding hydrogens is 210 g/mol. The molecule has 2 unspecified atom stereocenters. The molecule has 1 saturated heterocycles. The van der Waals surface area contributed by atoms with Crippen LogP contribution in [-0.2, 0) is 0 Å². The molecule has 1 aliphatic rings. The van der Waals surface area contributed by atoms with Crippen LogP contribution in [0.5, 0.6) is 0 Å². The van der Waals surface area contributed by atoms with Crippen LogP contribution in [0, 0.1) is 13.8 Å². The highest BCUT2D eigenvalue weighted by molar-refractivity contribution is 7.99. The van der Waals surface area contributed by atoms with Crippen LogP contribution in [0.1, 0.15) is 34.0 Å². The van der Waals surface area contributed by atoms with Crippen molar-refractivity contribution >= 4 is 23.1 Å². The first kappa shape index (κ1) is 10.5. The minimum absolute atomic E-state index is 0.531. The monoisotopic (exact) mass is 227 g/mol. The standard InChI is InChI=1S/C11H17NS2/c1-7-4-5-13-11(12-7)10-6-8(2)14-9(10)3/h6-7,11-12H,4-5H2,1-3H3. The molecular formula is C11H17NS2. The molecule has 0 radical (unpaired) electrons. The average molecular weight is 227 g/mol. The molecule has 0 aromatic carbocycles. The normalized spacial score (nSPS) is 27.9. The number of rotatable bonds is 1. The summed E-state index contributed by atoms with van der Waals surface area (Å²) < 4.78 is 0. The zero-order chi connectivity index (χ0) is 10.1. The van der Waals surface area contributed by atoms with E-state index in [1.54, 1.807) is 0 Å². The maximum absolute atomic E-state index is 3.66. The summed E-state index contributed by atoms with van der Waals surface area (Å²) in [7, 11) is 0. The topological polar surface area (TPSA) is 12.0 Å². The third-order valence-electron chi connectivity index (χ3n) is 2.63. The highest BCUT2D eigenvalue weighted by Gasteiger charge is 2.22. The molecule has 14 heavy (non-hydrogen) atoms. The fourth-order valence-electron chi connectivity index (χ4n) is 1.84. The molecule has 2 rings (SSSR count). The number of hydrogen-bond acceptors (Lipinski definition) is 3. The largest absolute Gasteiger partial charge is 0.299 e. The molecule has 0 saturated carbocycles. The van der Waals surface area contributed by atoms with Gasteiger partial charge in [0.2, 0.25) is 0 Å². The molecule has 1 aromatic rings. The Morgan fingerprint density at radius 1 is 1.43 bits per heavy atom. The number of nitrogens with one attached hydrogen (secondary N) is 1. The zero-order valence-electron chi connectivity index (χ0n) is 8.96. The van der Waals surface area contributed by atoms with Crippen molar-refractivity contribution in [2.75, 3.05) is 5.75 Å². The summed E-state index contributed by atoms with van der Waals surface area (Å²) in [5.41, 5.74) is 1.50. The maximum atomic E-state index is 3.66. The van der Waals surface area contributed by atoms with Gasteiger partial charge in [-0.1, -0.05) is 0 Å². The van der Waals surface area contributed by atoms with Crippen molar-refractivity contribution in [1.29, 1.82) is 0 Å². The van der Waals surface area contributed by atoms with Crippen LogP contribution in [0.3, 0.4) is 0 Å². The van der Waals surface area contributed by atoms with Crippen LogP contribution in [0.2, 0.25) is 0 Å². The van der Waals surface area contributed by atoms with Gasteiger partial charge in [0.25, 0.3) is 0 Å². The van der Waals surface area contributed by atoms with Gasteiger partial charge in [0.1, 0.15) is 0 Å². The van der Waals surface area contributed by atoms with E-state index in [9.17, 15) is 0 Å². The predicted octanol–water partition coefficient (Wildman–Crippen LogP) is 3.48. The second-order valence-corrected chi connectivity index (χ2v) is 6.65. The smallest absolute Gasteiger partial charge is 0.0802 e. The van der Waals surface area contributed by atoms with Crippen LogP contribution in [0.4, 0.5) is 0 Å². The molecule has 1 aliphatic heterocycles. The number of thiophene rings is 1. The molecule has 0 spiro atoms. The third kappa shape index (κ3) is 2.15. The Bertz CT molecular complexity index is 319. The van der Waals surface area contributed by atoms with Gasteiger partial charge in [0, 0.05) is 15.8 Å². The lowest BCUT2D eigenvalue weighted by atomic mass is 10.2. The van der Waals surface area contributed by atoms with Crippen LogP contribution >= 0.6 is 23.1 Å². The first-order valence-corrected chi connectivity index (χ1v) is 6.98. The van der Waals surface area contributed by atoms with Crippen LogP contribution < -0.4 is 5.32 Å². The zero-order valence-corrected chi connectivity index (χ0v) is 10.6. The van der Waals surface area contributed by atoms with Crippen molar-refractivity contribution < 1.29 is 0 Å². The number of hydrogen-bond donors (Lipinski definition) is 1. The quantitative estimate of drug-likeness (QED) is 0.788. The van der Waals surface area contributed by atoms with Crippen LogP contribution in [-0.4, -0.2) is 11.8 Å². The molecule has 1 fully saturated rings. The van der Waals surface area contributed by atoms with Crippen molar-refractivity contribution in [1.82, 2.24) is 5.32 Å². The molecule has 78 valence electrons. The summed E-state index contributed by atoms with van der Waals surface area (Å²) in [6.45, 7) is 6.70. The molecule has 3 heteroatoms. The molecule has 0 aliphatic carbocycles. The molecule has 0 amide bonds. The first-order chi connectivity index (χ1) is 6.66. The van der Waals surface area contributed by atoms with E-state index >= 15 is 0 Å². The summed E-state index contributed by atoms with van der Waals surface area (Å²) in [6, 6.07) is 3.00. The average Bonchev–Trinajstić information content (AvgIpc) is 2.45. The Kier molecular flexibility index (Phi) is 3.20. The van der Waals surface area contributed by atoms with Crippen LogP contribution in [0.25, 0.3) is 0 Å². The summed E-state index contributed by atoms with van der Waals surface area (Å²) in [5.74, 6) is 1.28. The Morgan fingerprint density at radius 3 is 2.79 bits per heavy atom. The molecule has 1 nitrogen and oxygen atoms in total. The maximum Gasteiger partial charge on any atom is 0.0802 e.